The van der Waals surface area contributed by atoms with Gasteiger partial charge in [0.1, 0.15) is 12.1 Å². The first-order chi connectivity index (χ1) is 6.69. The van der Waals surface area contributed by atoms with Crippen LogP contribution in [0.1, 0.15) is 16.9 Å². The number of carbonyl (C=O) groups is 1. The van der Waals surface area contributed by atoms with Crippen LogP contribution in [-0.2, 0) is 0 Å². The molecule has 14 heavy (non-hydrogen) atoms. The lowest BCUT2D eigenvalue weighted by molar-refractivity contribution is 0.0991. The topological polar surface area (TPSA) is 66.6 Å². The Balaban J connectivity index is 3.07. The highest BCUT2D eigenvalue weighted by molar-refractivity contribution is 9.10. The zero-order valence-corrected chi connectivity index (χ0v) is 9.72. The second kappa shape index (κ2) is 5.08. The Bertz CT molecular complexity index is 402. The van der Waals surface area contributed by atoms with Crippen LogP contribution in [0.5, 0.6) is 0 Å². The fourth-order valence-electron chi connectivity index (χ4n) is 0.800. The van der Waals surface area contributed by atoms with E-state index < -0.39 is 0 Å². The number of rotatable bonds is 3. The van der Waals surface area contributed by atoms with Crippen LogP contribution in [-0.4, -0.2) is 22.0 Å². The van der Waals surface area contributed by atoms with Crippen molar-refractivity contribution in [1.82, 2.24) is 9.97 Å². The van der Waals surface area contributed by atoms with Crippen LogP contribution in [0.2, 0.25) is 0 Å². The molecule has 1 aromatic rings. The number of nitriles is 1. The first kappa shape index (κ1) is 11.1. The van der Waals surface area contributed by atoms with Crippen LogP contribution in [0.3, 0.4) is 0 Å². The van der Waals surface area contributed by atoms with Crippen LogP contribution >= 0.6 is 27.7 Å². The quantitative estimate of drug-likeness (QED) is 0.478. The van der Waals surface area contributed by atoms with Crippen molar-refractivity contribution >= 4 is 33.5 Å². The summed E-state index contributed by atoms with van der Waals surface area (Å²) < 4.78 is 0.524. The van der Waals surface area contributed by atoms with Crippen molar-refractivity contribution in [2.24, 2.45) is 0 Å². The highest BCUT2D eigenvalue weighted by atomic mass is 79.9. The molecule has 0 bridgehead atoms. The third-order valence-corrected chi connectivity index (χ3v) is 2.55. The molecule has 0 aliphatic carbocycles. The molecule has 0 radical (unpaired) electrons. The maximum Gasteiger partial charge on any atom is 0.196 e. The Morgan fingerprint density at radius 1 is 1.79 bits per heavy atom. The van der Waals surface area contributed by atoms with Gasteiger partial charge in [0.15, 0.2) is 10.9 Å². The molecule has 0 N–H and O–H groups in total. The largest absolute Gasteiger partial charge is 0.291 e. The molecular formula is C8H6BrN3OS. The Labute approximate surface area is 93.9 Å². The summed E-state index contributed by atoms with van der Waals surface area (Å²) in [5.41, 5.74) is 0.269. The van der Waals surface area contributed by atoms with Gasteiger partial charge in [0.2, 0.25) is 0 Å². The highest BCUT2D eigenvalue weighted by Crippen LogP contribution is 2.18. The molecule has 72 valence electrons. The fraction of sp³-hybridized carbons (Fsp3) is 0.250. The van der Waals surface area contributed by atoms with E-state index >= 15 is 0 Å². The number of Topliss-reactive ketones (excluding diaryl/α,β-unsaturated/α-hetero) is 1. The minimum atomic E-state index is -0.294. The molecule has 0 aliphatic heterocycles. The molecular weight excluding hydrogens is 266 g/mol. The van der Waals surface area contributed by atoms with Crippen LogP contribution < -0.4 is 0 Å². The van der Waals surface area contributed by atoms with Crippen LogP contribution in [0, 0.1) is 11.3 Å². The molecule has 0 saturated heterocycles. The number of carbonyl (C=O) groups excluding carboxylic acids is 1. The maximum absolute atomic E-state index is 11.4. The molecule has 0 aromatic carbocycles. The fourth-order valence-corrected chi connectivity index (χ4v) is 1.55. The molecule has 0 aliphatic rings. The molecule has 0 atom stereocenters. The number of halogens is 1. The van der Waals surface area contributed by atoms with Gasteiger partial charge in [-0.15, -0.1) is 0 Å². The summed E-state index contributed by atoms with van der Waals surface area (Å²) >= 11 is 4.51. The average molecular weight is 272 g/mol. The van der Waals surface area contributed by atoms with Crippen molar-refractivity contribution in [3.05, 3.63) is 16.4 Å². The number of aromatic nitrogens is 2. The van der Waals surface area contributed by atoms with Gasteiger partial charge in [0, 0.05) is 6.20 Å². The van der Waals surface area contributed by atoms with Gasteiger partial charge >= 0.3 is 0 Å². The second-order valence-electron chi connectivity index (χ2n) is 2.31. The molecule has 1 heterocycles. The minimum Gasteiger partial charge on any atom is -0.291 e. The van der Waals surface area contributed by atoms with Crippen molar-refractivity contribution in [3.63, 3.8) is 0 Å². The van der Waals surface area contributed by atoms with Gasteiger partial charge in [-0.05, 0) is 22.2 Å². The van der Waals surface area contributed by atoms with Crippen molar-refractivity contribution in [1.29, 1.82) is 5.26 Å². The molecule has 0 saturated carbocycles. The Morgan fingerprint density at radius 3 is 3.07 bits per heavy atom. The van der Waals surface area contributed by atoms with Gasteiger partial charge in [0.05, 0.1) is 10.5 Å². The summed E-state index contributed by atoms with van der Waals surface area (Å²) in [5.74, 6) is -0.294. The van der Waals surface area contributed by atoms with E-state index in [4.69, 9.17) is 5.26 Å². The zero-order chi connectivity index (χ0) is 10.6. The summed E-state index contributed by atoms with van der Waals surface area (Å²) in [6.45, 7) is 0. The Hall–Kier alpha value is -0.930. The number of ketones is 1. The molecule has 0 unspecified atom stereocenters. The van der Waals surface area contributed by atoms with Gasteiger partial charge in [-0.25, -0.2) is 9.97 Å². The molecule has 0 spiro atoms. The smallest absolute Gasteiger partial charge is 0.196 e. The molecule has 6 heteroatoms. The van der Waals surface area contributed by atoms with Crippen molar-refractivity contribution < 1.29 is 4.79 Å². The number of hydrogen-bond donors (Lipinski definition) is 0. The molecule has 1 aromatic heterocycles. The SMILES string of the molecule is CSc1ncc(Br)c(C(=O)CC#N)n1. The number of hydrogen-bond acceptors (Lipinski definition) is 5. The van der Waals surface area contributed by atoms with Crippen molar-refractivity contribution in [3.8, 4) is 6.07 Å². The Morgan fingerprint density at radius 2 is 2.50 bits per heavy atom. The average Bonchev–Trinajstić information content (AvgIpc) is 2.19. The number of nitrogens with zero attached hydrogens (tertiary/aromatic N) is 3. The predicted octanol–water partition coefficient (Wildman–Crippen LogP) is 2.06. The lowest BCUT2D eigenvalue weighted by atomic mass is 10.2. The van der Waals surface area contributed by atoms with Crippen molar-refractivity contribution in [2.75, 3.05) is 6.26 Å². The van der Waals surface area contributed by atoms with Crippen LogP contribution in [0.4, 0.5) is 0 Å². The second-order valence-corrected chi connectivity index (χ2v) is 3.94. The summed E-state index contributed by atoms with van der Waals surface area (Å²) in [4.78, 5) is 19.4. The van der Waals surface area contributed by atoms with E-state index in [9.17, 15) is 4.79 Å². The van der Waals surface area contributed by atoms with E-state index in [-0.39, 0.29) is 17.9 Å². The summed E-state index contributed by atoms with van der Waals surface area (Å²) in [6.07, 6.45) is 3.18. The van der Waals surface area contributed by atoms with Gasteiger partial charge in [-0.1, -0.05) is 11.8 Å². The molecule has 0 amide bonds. The third kappa shape index (κ3) is 2.53. The molecule has 0 fully saturated rings. The lowest BCUT2D eigenvalue weighted by Gasteiger charge is -2.00. The monoisotopic (exact) mass is 271 g/mol. The number of thioether (sulfide) groups is 1. The molecule has 1 rings (SSSR count). The standard InChI is InChI=1S/C8H6BrN3OS/c1-14-8-11-4-5(9)7(12-8)6(13)2-3-10/h4H,2H2,1H3. The predicted molar refractivity (Wildman–Crippen MR) is 56.1 cm³/mol. The van der Waals surface area contributed by atoms with Crippen LogP contribution in [0.25, 0.3) is 0 Å². The third-order valence-electron chi connectivity index (χ3n) is 1.41. The summed E-state index contributed by atoms with van der Waals surface area (Å²) in [6, 6.07) is 1.79. The normalized spacial score (nSPS) is 9.50. The van der Waals surface area contributed by atoms with Gasteiger partial charge in [-0.3, -0.25) is 4.79 Å². The van der Waals surface area contributed by atoms with Crippen LogP contribution in [0.15, 0.2) is 15.8 Å². The Kier molecular flexibility index (Phi) is 4.04. The minimum absolute atomic E-state index is 0.163. The lowest BCUT2D eigenvalue weighted by Crippen LogP contribution is -2.04. The van der Waals surface area contributed by atoms with E-state index in [0.29, 0.717) is 9.63 Å². The first-order valence-electron chi connectivity index (χ1n) is 3.65. The summed E-state index contributed by atoms with van der Waals surface area (Å²) in [7, 11) is 0. The van der Waals surface area contributed by atoms with Gasteiger partial charge < -0.3 is 0 Å². The first-order valence-corrected chi connectivity index (χ1v) is 5.67. The van der Waals surface area contributed by atoms with E-state index in [1.54, 1.807) is 6.07 Å². The summed E-state index contributed by atoms with van der Waals surface area (Å²) in [5, 5.41) is 8.90. The zero-order valence-electron chi connectivity index (χ0n) is 7.32. The highest BCUT2D eigenvalue weighted by Gasteiger charge is 2.12. The maximum atomic E-state index is 11.4. The van der Waals surface area contributed by atoms with E-state index in [1.165, 1.54) is 18.0 Å². The van der Waals surface area contributed by atoms with Gasteiger partial charge in [-0.2, -0.15) is 5.26 Å². The molecule has 4 nitrogen and oxygen atoms in total. The van der Waals surface area contributed by atoms with E-state index in [2.05, 4.69) is 25.9 Å². The van der Waals surface area contributed by atoms with Gasteiger partial charge in [0.25, 0.3) is 0 Å². The van der Waals surface area contributed by atoms with E-state index in [0.717, 1.165) is 0 Å². The van der Waals surface area contributed by atoms with E-state index in [1.807, 2.05) is 6.26 Å². The van der Waals surface area contributed by atoms with Crippen molar-refractivity contribution in [2.45, 2.75) is 11.6 Å².